The SMILES string of the molecule is CC1Cc2ccccc2N1S(=O)(=O)c1cccc(OC(F)(F)F)c1. The van der Waals surface area contributed by atoms with Gasteiger partial charge in [0.15, 0.2) is 0 Å². The van der Waals surface area contributed by atoms with Gasteiger partial charge in [-0.05, 0) is 37.1 Å². The van der Waals surface area contributed by atoms with Crippen LogP contribution in [0.3, 0.4) is 0 Å². The minimum Gasteiger partial charge on any atom is -0.406 e. The molecule has 1 unspecified atom stereocenters. The van der Waals surface area contributed by atoms with Crippen LogP contribution in [-0.2, 0) is 16.4 Å². The van der Waals surface area contributed by atoms with E-state index in [9.17, 15) is 21.6 Å². The van der Waals surface area contributed by atoms with E-state index in [1.54, 1.807) is 19.1 Å². The number of hydrogen-bond donors (Lipinski definition) is 0. The Balaban J connectivity index is 2.01. The minimum atomic E-state index is -4.88. The van der Waals surface area contributed by atoms with Crippen LogP contribution in [0.2, 0.25) is 0 Å². The smallest absolute Gasteiger partial charge is 0.406 e. The average molecular weight is 357 g/mol. The number of fused-ring (bicyclic) bond motifs is 1. The summed E-state index contributed by atoms with van der Waals surface area (Å²) < 4.78 is 67.9. The number of benzene rings is 2. The van der Waals surface area contributed by atoms with Crippen LogP contribution >= 0.6 is 0 Å². The zero-order valence-electron chi connectivity index (χ0n) is 12.6. The average Bonchev–Trinajstić information content (AvgIpc) is 2.82. The van der Waals surface area contributed by atoms with Gasteiger partial charge in [-0.2, -0.15) is 0 Å². The summed E-state index contributed by atoms with van der Waals surface area (Å²) in [6.07, 6.45) is -4.33. The molecule has 128 valence electrons. The number of sulfonamides is 1. The third kappa shape index (κ3) is 3.06. The minimum absolute atomic E-state index is 0.243. The molecule has 2 aromatic rings. The summed E-state index contributed by atoms with van der Waals surface area (Å²) >= 11 is 0. The Labute approximate surface area is 137 Å². The van der Waals surface area contributed by atoms with Crippen molar-refractivity contribution in [3.8, 4) is 5.75 Å². The molecule has 0 aliphatic carbocycles. The maximum absolute atomic E-state index is 12.9. The standard InChI is InChI=1S/C16H14F3NO3S/c1-11-9-12-5-2-3-8-15(12)20(11)24(21,22)14-7-4-6-13(10-14)23-16(17,18)19/h2-8,10-11H,9H2,1H3. The molecule has 0 saturated heterocycles. The fourth-order valence-electron chi connectivity index (χ4n) is 2.85. The first-order valence-electron chi connectivity index (χ1n) is 7.16. The molecule has 1 aliphatic heterocycles. The van der Waals surface area contributed by atoms with E-state index in [4.69, 9.17) is 0 Å². The Hall–Kier alpha value is -2.22. The Morgan fingerprint density at radius 2 is 1.83 bits per heavy atom. The molecule has 0 amide bonds. The van der Waals surface area contributed by atoms with E-state index in [2.05, 4.69) is 4.74 Å². The molecule has 0 spiro atoms. The molecule has 1 aliphatic rings. The Kier molecular flexibility index (Phi) is 3.95. The summed E-state index contributed by atoms with van der Waals surface area (Å²) in [6.45, 7) is 1.76. The van der Waals surface area contributed by atoms with E-state index in [0.29, 0.717) is 12.1 Å². The molecule has 1 atom stereocenters. The number of alkyl halides is 3. The molecule has 0 bridgehead atoms. The summed E-state index contributed by atoms with van der Waals surface area (Å²) in [7, 11) is -3.99. The van der Waals surface area contributed by atoms with Crippen molar-refractivity contribution in [2.75, 3.05) is 4.31 Å². The zero-order valence-corrected chi connectivity index (χ0v) is 13.4. The van der Waals surface area contributed by atoms with Crippen molar-refractivity contribution in [2.45, 2.75) is 30.6 Å². The summed E-state index contributed by atoms with van der Waals surface area (Å²) in [4.78, 5) is -0.243. The lowest BCUT2D eigenvalue weighted by Crippen LogP contribution is -2.35. The number of para-hydroxylation sites is 1. The van der Waals surface area contributed by atoms with E-state index in [-0.39, 0.29) is 10.9 Å². The molecule has 2 aromatic carbocycles. The van der Waals surface area contributed by atoms with Gasteiger partial charge in [0.05, 0.1) is 10.6 Å². The lowest BCUT2D eigenvalue weighted by molar-refractivity contribution is -0.274. The lowest BCUT2D eigenvalue weighted by atomic mass is 10.1. The van der Waals surface area contributed by atoms with Gasteiger partial charge >= 0.3 is 6.36 Å². The van der Waals surface area contributed by atoms with Gasteiger partial charge in [0.25, 0.3) is 10.0 Å². The Morgan fingerprint density at radius 3 is 2.54 bits per heavy atom. The molecule has 0 aromatic heterocycles. The number of nitrogens with zero attached hydrogens (tertiary/aromatic N) is 1. The van der Waals surface area contributed by atoms with Crippen LogP contribution in [0.25, 0.3) is 0 Å². The summed E-state index contributed by atoms with van der Waals surface area (Å²) in [5.41, 5.74) is 1.43. The summed E-state index contributed by atoms with van der Waals surface area (Å²) in [5, 5.41) is 0. The van der Waals surface area contributed by atoms with Gasteiger partial charge in [0.1, 0.15) is 5.75 Å². The lowest BCUT2D eigenvalue weighted by Gasteiger charge is -2.24. The quantitative estimate of drug-likeness (QED) is 0.841. The molecular formula is C16H14F3NO3S. The molecule has 0 N–H and O–H groups in total. The van der Waals surface area contributed by atoms with Crippen LogP contribution in [0.5, 0.6) is 5.75 Å². The maximum atomic E-state index is 12.9. The highest BCUT2D eigenvalue weighted by Gasteiger charge is 2.36. The molecular weight excluding hydrogens is 343 g/mol. The zero-order chi connectivity index (χ0) is 17.5. The van der Waals surface area contributed by atoms with E-state index in [1.165, 1.54) is 16.4 Å². The normalized spacial score (nSPS) is 17.7. The van der Waals surface area contributed by atoms with E-state index < -0.39 is 22.1 Å². The molecule has 0 fully saturated rings. The highest BCUT2D eigenvalue weighted by molar-refractivity contribution is 7.92. The van der Waals surface area contributed by atoms with Gasteiger partial charge in [-0.3, -0.25) is 4.31 Å². The number of halogens is 3. The van der Waals surface area contributed by atoms with Crippen LogP contribution in [0.1, 0.15) is 12.5 Å². The van der Waals surface area contributed by atoms with Crippen molar-refractivity contribution < 1.29 is 26.3 Å². The monoisotopic (exact) mass is 357 g/mol. The largest absolute Gasteiger partial charge is 0.573 e. The van der Waals surface area contributed by atoms with Gasteiger partial charge in [0.2, 0.25) is 0 Å². The number of hydrogen-bond acceptors (Lipinski definition) is 3. The van der Waals surface area contributed by atoms with Crippen LogP contribution in [0.15, 0.2) is 53.4 Å². The fraction of sp³-hybridized carbons (Fsp3) is 0.250. The topological polar surface area (TPSA) is 46.6 Å². The van der Waals surface area contributed by atoms with Crippen LogP contribution in [0.4, 0.5) is 18.9 Å². The molecule has 0 saturated carbocycles. The van der Waals surface area contributed by atoms with Crippen molar-refractivity contribution in [1.29, 1.82) is 0 Å². The second-order valence-corrected chi connectivity index (χ2v) is 7.32. The Morgan fingerprint density at radius 1 is 1.12 bits per heavy atom. The van der Waals surface area contributed by atoms with E-state index in [1.807, 2.05) is 12.1 Å². The summed E-state index contributed by atoms with van der Waals surface area (Å²) in [6, 6.07) is 11.2. The van der Waals surface area contributed by atoms with Crippen molar-refractivity contribution in [2.24, 2.45) is 0 Å². The predicted molar refractivity (Wildman–Crippen MR) is 82.4 cm³/mol. The summed E-state index contributed by atoms with van der Waals surface area (Å²) in [5.74, 6) is -0.566. The van der Waals surface area contributed by atoms with Gasteiger partial charge in [0, 0.05) is 12.1 Å². The molecule has 0 radical (unpaired) electrons. The van der Waals surface area contributed by atoms with E-state index >= 15 is 0 Å². The second-order valence-electron chi connectivity index (χ2n) is 5.51. The van der Waals surface area contributed by atoms with Gasteiger partial charge in [-0.1, -0.05) is 24.3 Å². The molecule has 4 nitrogen and oxygen atoms in total. The van der Waals surface area contributed by atoms with Crippen molar-refractivity contribution >= 4 is 15.7 Å². The van der Waals surface area contributed by atoms with Gasteiger partial charge < -0.3 is 4.74 Å². The highest BCUT2D eigenvalue weighted by Crippen LogP contribution is 2.37. The molecule has 24 heavy (non-hydrogen) atoms. The molecule has 1 heterocycles. The first kappa shape index (κ1) is 16.6. The van der Waals surface area contributed by atoms with Crippen molar-refractivity contribution in [1.82, 2.24) is 0 Å². The fourth-order valence-corrected chi connectivity index (χ4v) is 4.58. The third-order valence-corrected chi connectivity index (χ3v) is 5.66. The maximum Gasteiger partial charge on any atom is 0.573 e. The van der Waals surface area contributed by atoms with Crippen LogP contribution in [-0.4, -0.2) is 20.8 Å². The Bertz CT molecular complexity index is 865. The first-order valence-corrected chi connectivity index (χ1v) is 8.60. The number of anilines is 1. The van der Waals surface area contributed by atoms with Gasteiger partial charge in [-0.25, -0.2) is 8.42 Å². The highest BCUT2D eigenvalue weighted by atomic mass is 32.2. The first-order chi connectivity index (χ1) is 11.2. The predicted octanol–water partition coefficient (Wildman–Crippen LogP) is 3.73. The number of ether oxygens (including phenoxy) is 1. The number of rotatable bonds is 3. The van der Waals surface area contributed by atoms with Crippen LogP contribution in [0, 0.1) is 0 Å². The van der Waals surface area contributed by atoms with E-state index in [0.717, 1.165) is 17.7 Å². The van der Waals surface area contributed by atoms with Crippen molar-refractivity contribution in [3.63, 3.8) is 0 Å². The molecule has 8 heteroatoms. The van der Waals surface area contributed by atoms with Crippen molar-refractivity contribution in [3.05, 3.63) is 54.1 Å². The third-order valence-electron chi connectivity index (χ3n) is 3.74. The second kappa shape index (κ2) is 5.70. The van der Waals surface area contributed by atoms with Gasteiger partial charge in [-0.15, -0.1) is 13.2 Å². The molecule has 3 rings (SSSR count). The van der Waals surface area contributed by atoms with Crippen LogP contribution < -0.4 is 9.04 Å².